The number of hydrogen-bond acceptors (Lipinski definition) is 4. The van der Waals surface area contributed by atoms with Gasteiger partial charge in [-0.3, -0.25) is 0 Å². The van der Waals surface area contributed by atoms with Crippen molar-refractivity contribution in [3.05, 3.63) is 11.8 Å². The quantitative estimate of drug-likeness (QED) is 0.663. The molecule has 0 bridgehead atoms. The molecule has 0 saturated carbocycles. The van der Waals surface area contributed by atoms with Crippen LogP contribution in [0.5, 0.6) is 0 Å². The first-order valence-electron chi connectivity index (χ1n) is 5.43. The van der Waals surface area contributed by atoms with E-state index in [0.29, 0.717) is 26.0 Å². The van der Waals surface area contributed by atoms with E-state index in [9.17, 15) is 0 Å². The van der Waals surface area contributed by atoms with Gasteiger partial charge >= 0.3 is 91.1 Å². The van der Waals surface area contributed by atoms with Crippen LogP contribution in [0.25, 0.3) is 0 Å². The van der Waals surface area contributed by atoms with Gasteiger partial charge in [0.25, 0.3) is 0 Å². The number of rotatable bonds is 6. The second kappa shape index (κ2) is 4.79. The van der Waals surface area contributed by atoms with Crippen molar-refractivity contribution >= 4 is 7.51 Å². The fourth-order valence-electron chi connectivity index (χ4n) is 1.73. The van der Waals surface area contributed by atoms with Crippen LogP contribution in [0.15, 0.2) is 11.8 Å². The minimum atomic E-state index is -3.31. The second-order valence-electron chi connectivity index (χ2n) is 3.31. The van der Waals surface area contributed by atoms with E-state index in [0.717, 1.165) is 5.76 Å². The number of allylic oxidation sites excluding steroid dienone is 2. The zero-order chi connectivity index (χ0) is 11.4. The molecule has 0 atom stereocenters. The molecule has 0 radical (unpaired) electrons. The Labute approximate surface area is 91.8 Å². The average Bonchev–Trinajstić information content (AvgIpc) is 2.46. The van der Waals surface area contributed by atoms with E-state index in [-0.39, 0.29) is 0 Å². The molecule has 90 valence electrons. The number of hydrogen-bond donors (Lipinski definition) is 0. The van der Waals surface area contributed by atoms with E-state index in [2.05, 4.69) is 0 Å². The van der Waals surface area contributed by atoms with Crippen LogP contribution >= 0.6 is 7.51 Å². The van der Waals surface area contributed by atoms with Gasteiger partial charge in [-0.2, -0.15) is 0 Å². The van der Waals surface area contributed by atoms with Crippen molar-refractivity contribution in [1.29, 1.82) is 0 Å². The molecule has 1 aliphatic heterocycles. The molecule has 1 heterocycles. The molecule has 5 heteroatoms. The van der Waals surface area contributed by atoms with Crippen LogP contribution < -0.4 is 0 Å². The predicted octanol–water partition coefficient (Wildman–Crippen LogP) is 3.24. The van der Waals surface area contributed by atoms with Crippen molar-refractivity contribution in [1.82, 2.24) is 0 Å². The van der Waals surface area contributed by atoms with E-state index in [1.165, 1.54) is 0 Å². The van der Waals surface area contributed by atoms with Crippen LogP contribution in [0, 0.1) is 0 Å². The predicted molar refractivity (Wildman–Crippen MR) is 61.5 cm³/mol. The fraction of sp³-hybridized carbons (Fsp3) is 0.800. The Morgan fingerprint density at radius 3 is 1.87 bits per heavy atom. The summed E-state index contributed by atoms with van der Waals surface area (Å²) in [6.07, 6.45) is 2.56. The maximum atomic E-state index is 5.78. The summed E-state index contributed by atoms with van der Waals surface area (Å²) in [7, 11) is -3.31. The van der Waals surface area contributed by atoms with Crippen molar-refractivity contribution in [3.8, 4) is 0 Å². The van der Waals surface area contributed by atoms with E-state index in [4.69, 9.17) is 18.1 Å². The van der Waals surface area contributed by atoms with E-state index >= 15 is 0 Å². The minimum absolute atomic E-state index is 0.527. The van der Waals surface area contributed by atoms with E-state index in [1.54, 1.807) is 0 Å². The Balaban J connectivity index is 2.91. The average molecular weight is 236 g/mol. The zero-order valence-corrected chi connectivity index (χ0v) is 10.9. The first-order chi connectivity index (χ1) is 7.10. The molecule has 0 spiro atoms. The molecule has 0 aromatic rings. The SMILES string of the molecule is CCOP1(OCC)(OCC)CC=C(C)O1. The van der Waals surface area contributed by atoms with Gasteiger partial charge in [0.15, 0.2) is 0 Å². The topological polar surface area (TPSA) is 36.9 Å². The van der Waals surface area contributed by atoms with Crippen molar-refractivity contribution < 1.29 is 18.1 Å². The van der Waals surface area contributed by atoms with E-state index in [1.807, 2.05) is 33.8 Å². The van der Waals surface area contributed by atoms with Gasteiger partial charge in [0.2, 0.25) is 0 Å². The Hall–Kier alpha value is -0.150. The molecule has 0 aliphatic carbocycles. The van der Waals surface area contributed by atoms with Crippen molar-refractivity contribution in [2.24, 2.45) is 0 Å². The Morgan fingerprint density at radius 2 is 1.60 bits per heavy atom. The molecule has 0 amide bonds. The van der Waals surface area contributed by atoms with Gasteiger partial charge in [0, 0.05) is 0 Å². The summed E-state index contributed by atoms with van der Waals surface area (Å²) >= 11 is 0. The van der Waals surface area contributed by atoms with Gasteiger partial charge in [-0.15, -0.1) is 0 Å². The molecular weight excluding hydrogens is 215 g/mol. The van der Waals surface area contributed by atoms with Gasteiger partial charge in [-0.1, -0.05) is 0 Å². The van der Waals surface area contributed by atoms with Crippen LogP contribution in [0.1, 0.15) is 27.7 Å². The molecule has 0 aromatic carbocycles. The monoisotopic (exact) mass is 236 g/mol. The molecule has 0 N–H and O–H groups in total. The van der Waals surface area contributed by atoms with Crippen LogP contribution in [0.4, 0.5) is 0 Å². The molecule has 0 unspecified atom stereocenters. The van der Waals surface area contributed by atoms with Crippen molar-refractivity contribution in [2.45, 2.75) is 27.7 Å². The summed E-state index contributed by atoms with van der Waals surface area (Å²) in [5.41, 5.74) is 0. The molecule has 1 aliphatic rings. The normalized spacial score (nSPS) is 25.1. The van der Waals surface area contributed by atoms with E-state index < -0.39 is 7.51 Å². The van der Waals surface area contributed by atoms with Crippen LogP contribution in [-0.2, 0) is 18.1 Å². The molecule has 15 heavy (non-hydrogen) atoms. The first kappa shape index (κ1) is 12.9. The maximum absolute atomic E-state index is 5.78. The summed E-state index contributed by atoms with van der Waals surface area (Å²) in [5, 5.41) is 0. The summed E-state index contributed by atoms with van der Waals surface area (Å²) in [6.45, 7) is 9.23. The third-order valence-corrected chi connectivity index (χ3v) is 5.82. The molecule has 0 fully saturated rings. The zero-order valence-electron chi connectivity index (χ0n) is 9.99. The van der Waals surface area contributed by atoms with Gasteiger partial charge < -0.3 is 0 Å². The van der Waals surface area contributed by atoms with Gasteiger partial charge in [-0.25, -0.2) is 0 Å². The van der Waals surface area contributed by atoms with Crippen LogP contribution in [-0.4, -0.2) is 26.0 Å². The van der Waals surface area contributed by atoms with Gasteiger partial charge in [0.1, 0.15) is 0 Å². The van der Waals surface area contributed by atoms with Crippen molar-refractivity contribution in [2.75, 3.05) is 26.0 Å². The Bertz CT molecular complexity index is 232. The van der Waals surface area contributed by atoms with Gasteiger partial charge in [-0.05, 0) is 0 Å². The van der Waals surface area contributed by atoms with Crippen LogP contribution in [0.2, 0.25) is 0 Å². The fourth-order valence-corrected chi connectivity index (χ4v) is 5.18. The second-order valence-corrected chi connectivity index (χ2v) is 6.56. The van der Waals surface area contributed by atoms with Crippen LogP contribution in [0.3, 0.4) is 0 Å². The summed E-state index contributed by atoms with van der Waals surface area (Å²) in [6, 6.07) is 0. The molecular formula is C10H21O4P. The third-order valence-electron chi connectivity index (χ3n) is 2.13. The summed E-state index contributed by atoms with van der Waals surface area (Å²) in [5.74, 6) is 0.822. The van der Waals surface area contributed by atoms with Crippen molar-refractivity contribution in [3.63, 3.8) is 0 Å². The molecule has 0 saturated heterocycles. The molecule has 4 nitrogen and oxygen atoms in total. The third kappa shape index (κ3) is 2.51. The molecule has 0 aromatic heterocycles. The summed E-state index contributed by atoms with van der Waals surface area (Å²) < 4.78 is 23.0. The Kier molecular flexibility index (Phi) is 4.13. The standard InChI is InChI=1S/C10H21O4P/c1-5-11-15(12-6-2,13-7-3)9-8-10(4)14-15/h8H,5-7,9H2,1-4H3. The van der Waals surface area contributed by atoms with Gasteiger partial charge in [0.05, 0.1) is 0 Å². The first-order valence-corrected chi connectivity index (χ1v) is 7.53. The summed E-state index contributed by atoms with van der Waals surface area (Å²) in [4.78, 5) is 0. The Morgan fingerprint density at radius 1 is 1.13 bits per heavy atom. The molecule has 1 rings (SSSR count).